The van der Waals surface area contributed by atoms with Crippen LogP contribution in [0.25, 0.3) is 0 Å². The van der Waals surface area contributed by atoms with Crippen molar-refractivity contribution < 1.29 is 9.32 Å². The molecular formula is C10H11N3O2S. The topological polar surface area (TPSA) is 68.0 Å². The van der Waals surface area contributed by atoms with Crippen molar-refractivity contribution in [3.63, 3.8) is 0 Å². The molecule has 5 nitrogen and oxygen atoms in total. The van der Waals surface area contributed by atoms with E-state index in [4.69, 9.17) is 4.52 Å². The highest BCUT2D eigenvalue weighted by Crippen LogP contribution is 2.13. The smallest absolute Gasteiger partial charge is 0.231 e. The first-order chi connectivity index (χ1) is 7.78. The van der Waals surface area contributed by atoms with E-state index >= 15 is 0 Å². The minimum absolute atomic E-state index is 0.122. The van der Waals surface area contributed by atoms with Crippen LogP contribution >= 0.6 is 11.3 Å². The van der Waals surface area contributed by atoms with Crippen LogP contribution in [-0.4, -0.2) is 23.1 Å². The number of nitrogens with zero attached hydrogens (tertiary/aromatic N) is 2. The Balaban J connectivity index is 1.99. The maximum atomic E-state index is 11.1. The van der Waals surface area contributed by atoms with E-state index in [9.17, 15) is 4.79 Å². The van der Waals surface area contributed by atoms with Crippen molar-refractivity contribution >= 4 is 17.2 Å². The molecule has 0 radical (unpaired) electrons. The minimum atomic E-state index is -0.122. The SMILES string of the molecule is CNC(=O)Cc1noc(Cc2cccs2)n1. The predicted molar refractivity (Wildman–Crippen MR) is 59.2 cm³/mol. The maximum Gasteiger partial charge on any atom is 0.231 e. The van der Waals surface area contributed by atoms with Crippen LogP contribution in [0.3, 0.4) is 0 Å². The second kappa shape index (κ2) is 4.89. The summed E-state index contributed by atoms with van der Waals surface area (Å²) in [4.78, 5) is 16.4. The van der Waals surface area contributed by atoms with Crippen LogP contribution in [0.4, 0.5) is 0 Å². The molecular weight excluding hydrogens is 226 g/mol. The van der Waals surface area contributed by atoms with Crippen LogP contribution in [0, 0.1) is 0 Å². The summed E-state index contributed by atoms with van der Waals surface area (Å²) in [5.41, 5.74) is 0. The summed E-state index contributed by atoms with van der Waals surface area (Å²) >= 11 is 1.64. The number of likely N-dealkylation sites (N-methyl/N-ethyl adjacent to an activating group) is 1. The molecule has 6 heteroatoms. The Kier molecular flexibility index (Phi) is 3.31. The molecule has 2 aromatic heterocycles. The lowest BCUT2D eigenvalue weighted by Gasteiger charge is -1.91. The van der Waals surface area contributed by atoms with Gasteiger partial charge in [-0.15, -0.1) is 11.3 Å². The van der Waals surface area contributed by atoms with Crippen molar-refractivity contribution in [1.29, 1.82) is 0 Å². The van der Waals surface area contributed by atoms with Crippen LogP contribution in [0.15, 0.2) is 22.0 Å². The fraction of sp³-hybridized carbons (Fsp3) is 0.300. The van der Waals surface area contributed by atoms with Crippen LogP contribution in [0.1, 0.15) is 16.6 Å². The summed E-state index contributed by atoms with van der Waals surface area (Å²) in [6.45, 7) is 0. The van der Waals surface area contributed by atoms with Crippen molar-refractivity contribution in [2.24, 2.45) is 0 Å². The van der Waals surface area contributed by atoms with E-state index in [1.54, 1.807) is 18.4 Å². The molecule has 16 heavy (non-hydrogen) atoms. The van der Waals surface area contributed by atoms with Gasteiger partial charge in [-0.2, -0.15) is 4.98 Å². The van der Waals surface area contributed by atoms with Crippen molar-refractivity contribution in [2.45, 2.75) is 12.8 Å². The normalized spacial score (nSPS) is 10.3. The molecule has 0 aliphatic carbocycles. The molecule has 0 unspecified atom stereocenters. The van der Waals surface area contributed by atoms with Crippen LogP contribution in [0.2, 0.25) is 0 Å². The summed E-state index contributed by atoms with van der Waals surface area (Å²) in [6, 6.07) is 3.98. The summed E-state index contributed by atoms with van der Waals surface area (Å²) in [5.74, 6) is 0.843. The largest absolute Gasteiger partial charge is 0.359 e. The fourth-order valence-corrected chi connectivity index (χ4v) is 1.92. The highest BCUT2D eigenvalue weighted by molar-refractivity contribution is 7.09. The second-order valence-electron chi connectivity index (χ2n) is 3.21. The number of hydrogen-bond acceptors (Lipinski definition) is 5. The molecule has 0 saturated carbocycles. The third-order valence-electron chi connectivity index (χ3n) is 2.01. The average Bonchev–Trinajstić information content (AvgIpc) is 2.91. The van der Waals surface area contributed by atoms with Gasteiger partial charge in [-0.25, -0.2) is 0 Å². The standard InChI is InChI=1S/C10H11N3O2S/c1-11-9(14)6-8-12-10(15-13-8)5-7-3-2-4-16-7/h2-4H,5-6H2,1H3,(H,11,14). The highest BCUT2D eigenvalue weighted by Gasteiger charge is 2.10. The van der Waals surface area contributed by atoms with Gasteiger partial charge in [-0.05, 0) is 11.4 Å². The molecule has 84 valence electrons. The number of hydrogen-bond donors (Lipinski definition) is 1. The van der Waals surface area contributed by atoms with Crippen LogP contribution in [-0.2, 0) is 17.6 Å². The van der Waals surface area contributed by atoms with E-state index in [2.05, 4.69) is 15.5 Å². The predicted octanol–water partition coefficient (Wildman–Crippen LogP) is 1.01. The third kappa shape index (κ3) is 2.66. The number of aromatic nitrogens is 2. The Hall–Kier alpha value is -1.69. The van der Waals surface area contributed by atoms with E-state index in [1.165, 1.54) is 0 Å². The molecule has 1 N–H and O–H groups in total. The van der Waals surface area contributed by atoms with Crippen molar-refractivity contribution in [2.75, 3.05) is 7.05 Å². The van der Waals surface area contributed by atoms with Gasteiger partial charge in [0.05, 0.1) is 12.8 Å². The van der Waals surface area contributed by atoms with Crippen molar-refractivity contribution in [3.05, 3.63) is 34.1 Å². The number of nitrogens with one attached hydrogen (secondary N) is 1. The Bertz CT molecular complexity index is 464. The second-order valence-corrected chi connectivity index (χ2v) is 4.24. The number of amides is 1. The minimum Gasteiger partial charge on any atom is -0.359 e. The van der Waals surface area contributed by atoms with Gasteiger partial charge in [0, 0.05) is 11.9 Å². The van der Waals surface area contributed by atoms with E-state index in [1.807, 2.05) is 17.5 Å². The summed E-state index contributed by atoms with van der Waals surface area (Å²) < 4.78 is 5.05. The lowest BCUT2D eigenvalue weighted by atomic mass is 10.3. The van der Waals surface area contributed by atoms with Gasteiger partial charge >= 0.3 is 0 Å². The molecule has 0 saturated heterocycles. The van der Waals surface area contributed by atoms with Crippen LogP contribution in [0.5, 0.6) is 0 Å². The van der Waals surface area contributed by atoms with E-state index in [-0.39, 0.29) is 12.3 Å². The molecule has 0 aliphatic rings. The first-order valence-electron chi connectivity index (χ1n) is 4.82. The Morgan fingerprint density at radius 3 is 3.19 bits per heavy atom. The molecule has 1 amide bonds. The number of carbonyl (C=O) groups is 1. The summed E-state index contributed by atoms with van der Waals surface area (Å²) in [7, 11) is 1.58. The lowest BCUT2D eigenvalue weighted by molar-refractivity contribution is -0.120. The molecule has 2 rings (SSSR count). The molecule has 2 heterocycles. The molecule has 0 fully saturated rings. The van der Waals surface area contributed by atoms with Crippen molar-refractivity contribution in [1.82, 2.24) is 15.5 Å². The molecule has 0 aromatic carbocycles. The zero-order chi connectivity index (χ0) is 11.4. The fourth-order valence-electron chi connectivity index (χ4n) is 1.23. The van der Waals surface area contributed by atoms with E-state index in [0.717, 1.165) is 4.88 Å². The quantitative estimate of drug-likeness (QED) is 0.861. The van der Waals surface area contributed by atoms with Gasteiger partial charge < -0.3 is 9.84 Å². The zero-order valence-corrected chi connectivity index (χ0v) is 9.58. The molecule has 0 aliphatic heterocycles. The Labute approximate surface area is 96.5 Å². The third-order valence-corrected chi connectivity index (χ3v) is 2.89. The average molecular weight is 237 g/mol. The van der Waals surface area contributed by atoms with Gasteiger partial charge in [-0.3, -0.25) is 4.79 Å². The molecule has 0 atom stereocenters. The number of rotatable bonds is 4. The van der Waals surface area contributed by atoms with Gasteiger partial charge in [0.1, 0.15) is 0 Å². The molecule has 0 bridgehead atoms. The summed E-state index contributed by atoms with van der Waals surface area (Å²) in [5, 5.41) is 8.25. The monoisotopic (exact) mass is 237 g/mol. The molecule has 2 aromatic rings. The first-order valence-corrected chi connectivity index (χ1v) is 5.70. The molecule has 0 spiro atoms. The van der Waals surface area contributed by atoms with Crippen LogP contribution < -0.4 is 5.32 Å². The van der Waals surface area contributed by atoms with E-state index in [0.29, 0.717) is 18.1 Å². The first kappa shape index (κ1) is 10.8. The Morgan fingerprint density at radius 2 is 2.50 bits per heavy atom. The lowest BCUT2D eigenvalue weighted by Crippen LogP contribution is -2.20. The summed E-state index contributed by atoms with van der Waals surface area (Å²) in [6.07, 6.45) is 0.781. The number of thiophene rings is 1. The van der Waals surface area contributed by atoms with E-state index < -0.39 is 0 Å². The van der Waals surface area contributed by atoms with Crippen molar-refractivity contribution in [3.8, 4) is 0 Å². The van der Waals surface area contributed by atoms with Gasteiger partial charge in [0.15, 0.2) is 5.82 Å². The maximum absolute atomic E-state index is 11.1. The van der Waals surface area contributed by atoms with Gasteiger partial charge in [0.2, 0.25) is 11.8 Å². The Morgan fingerprint density at radius 1 is 1.62 bits per heavy atom. The number of carbonyl (C=O) groups excluding carboxylic acids is 1. The van der Waals surface area contributed by atoms with Gasteiger partial charge in [0.25, 0.3) is 0 Å². The zero-order valence-electron chi connectivity index (χ0n) is 8.77. The highest BCUT2D eigenvalue weighted by atomic mass is 32.1. The van der Waals surface area contributed by atoms with Gasteiger partial charge in [-0.1, -0.05) is 11.2 Å².